The molecule has 1 unspecified atom stereocenters. The molecule has 12 heteroatoms. The number of thioether (sulfide) groups is 1. The van der Waals surface area contributed by atoms with Crippen molar-refractivity contribution in [3.05, 3.63) is 11.6 Å². The van der Waals surface area contributed by atoms with Gasteiger partial charge >= 0.3 is 6.18 Å². The molecule has 0 aliphatic rings. The Morgan fingerprint density at radius 1 is 1.17 bits per heavy atom. The predicted molar refractivity (Wildman–Crippen MR) is 78.8 cm³/mol. The van der Waals surface area contributed by atoms with Gasteiger partial charge < -0.3 is 15.2 Å². The lowest BCUT2D eigenvalue weighted by molar-refractivity contribution is -0.147. The van der Waals surface area contributed by atoms with E-state index in [1.165, 1.54) is 7.05 Å². The average Bonchev–Trinajstić information content (AvgIpc) is 2.79. The van der Waals surface area contributed by atoms with E-state index in [9.17, 15) is 13.2 Å². The summed E-state index contributed by atoms with van der Waals surface area (Å²) in [5.41, 5.74) is 5.64. The van der Waals surface area contributed by atoms with E-state index in [1.807, 2.05) is 0 Å². The summed E-state index contributed by atoms with van der Waals surface area (Å²) in [6.07, 6.45) is -4.56. The molecule has 0 amide bonds. The van der Waals surface area contributed by atoms with Crippen molar-refractivity contribution < 1.29 is 13.2 Å². The van der Waals surface area contributed by atoms with Crippen LogP contribution in [-0.2, 0) is 13.2 Å². The van der Waals surface area contributed by atoms with Gasteiger partial charge in [0.05, 0.1) is 5.25 Å². The van der Waals surface area contributed by atoms with E-state index >= 15 is 0 Å². The number of nitrogen functional groups attached to an aromatic ring is 1. The molecule has 0 spiro atoms. The van der Waals surface area contributed by atoms with Crippen LogP contribution in [0.3, 0.4) is 0 Å². The Hall–Kier alpha value is -2.11. The van der Waals surface area contributed by atoms with Crippen molar-refractivity contribution in [1.29, 1.82) is 0 Å². The lowest BCUT2D eigenvalue weighted by atomic mass is 10.4. The number of aromatic nitrogens is 6. The summed E-state index contributed by atoms with van der Waals surface area (Å²) >= 11 is 1.05. The quantitative estimate of drug-likeness (QED) is 0.831. The predicted octanol–water partition coefficient (Wildman–Crippen LogP) is 1.52. The van der Waals surface area contributed by atoms with Gasteiger partial charge in [-0.25, -0.2) is 0 Å². The molecule has 0 radical (unpaired) electrons. The first-order valence-corrected chi connectivity index (χ1v) is 7.29. The first-order chi connectivity index (χ1) is 10.6. The van der Waals surface area contributed by atoms with Gasteiger partial charge in [0.1, 0.15) is 5.82 Å². The van der Waals surface area contributed by atoms with Crippen LogP contribution in [0.25, 0.3) is 0 Å². The summed E-state index contributed by atoms with van der Waals surface area (Å²) in [7, 11) is 4.74. The molecule has 0 fully saturated rings. The molecule has 2 rings (SSSR count). The second-order valence-electron chi connectivity index (χ2n) is 4.87. The van der Waals surface area contributed by atoms with Crippen molar-refractivity contribution in [3.8, 4) is 0 Å². The number of nitrogens with two attached hydrogens (primary N) is 1. The number of hydrogen-bond acceptors (Lipinski definition) is 8. The van der Waals surface area contributed by atoms with Gasteiger partial charge in [0.15, 0.2) is 5.16 Å². The molecular weight excluding hydrogens is 333 g/mol. The molecule has 23 heavy (non-hydrogen) atoms. The van der Waals surface area contributed by atoms with E-state index in [2.05, 4.69) is 25.1 Å². The molecule has 0 saturated heterocycles. The molecule has 0 bridgehead atoms. The summed E-state index contributed by atoms with van der Waals surface area (Å²) in [4.78, 5) is 13.9. The van der Waals surface area contributed by atoms with E-state index in [0.29, 0.717) is 11.8 Å². The Balaban J connectivity index is 2.26. The largest absolute Gasteiger partial charge is 0.451 e. The van der Waals surface area contributed by atoms with Crippen LogP contribution in [0, 0.1) is 0 Å². The van der Waals surface area contributed by atoms with Gasteiger partial charge in [0.25, 0.3) is 0 Å². The molecule has 2 aromatic rings. The van der Waals surface area contributed by atoms with E-state index in [4.69, 9.17) is 5.73 Å². The fraction of sp³-hybridized carbons (Fsp3) is 0.545. The highest BCUT2D eigenvalue weighted by Crippen LogP contribution is 2.35. The smallest absolute Gasteiger partial charge is 0.368 e. The molecule has 0 saturated carbocycles. The van der Waals surface area contributed by atoms with Gasteiger partial charge in [-0.3, -0.25) is 0 Å². The molecule has 126 valence electrons. The number of alkyl halides is 3. The second kappa shape index (κ2) is 6.18. The van der Waals surface area contributed by atoms with Crippen LogP contribution < -0.4 is 10.6 Å². The van der Waals surface area contributed by atoms with Gasteiger partial charge in [0.2, 0.25) is 17.7 Å². The molecule has 0 aliphatic heterocycles. The third kappa shape index (κ3) is 3.81. The number of nitrogens with zero attached hydrogens (tertiary/aromatic N) is 7. The molecule has 1 atom stereocenters. The molecule has 8 nitrogen and oxygen atoms in total. The Kier molecular flexibility index (Phi) is 4.63. The van der Waals surface area contributed by atoms with Crippen molar-refractivity contribution in [2.75, 3.05) is 24.7 Å². The van der Waals surface area contributed by atoms with E-state index in [-0.39, 0.29) is 16.4 Å². The zero-order chi connectivity index (χ0) is 17.4. The fourth-order valence-corrected chi connectivity index (χ4v) is 2.51. The third-order valence-corrected chi connectivity index (χ3v) is 3.92. The molecule has 0 aliphatic carbocycles. The van der Waals surface area contributed by atoms with Crippen molar-refractivity contribution in [1.82, 2.24) is 29.7 Å². The van der Waals surface area contributed by atoms with Crippen LogP contribution >= 0.6 is 11.8 Å². The van der Waals surface area contributed by atoms with Gasteiger partial charge in [-0.15, -0.1) is 10.2 Å². The van der Waals surface area contributed by atoms with Crippen molar-refractivity contribution in [2.45, 2.75) is 23.5 Å². The fourth-order valence-electron chi connectivity index (χ4n) is 1.65. The maximum atomic E-state index is 12.7. The van der Waals surface area contributed by atoms with Crippen LogP contribution in [0.1, 0.15) is 23.8 Å². The molecule has 2 heterocycles. The average molecular weight is 348 g/mol. The maximum absolute atomic E-state index is 12.7. The van der Waals surface area contributed by atoms with Crippen LogP contribution in [-0.4, -0.2) is 43.8 Å². The first kappa shape index (κ1) is 17.2. The zero-order valence-corrected chi connectivity index (χ0v) is 13.6. The zero-order valence-electron chi connectivity index (χ0n) is 12.8. The third-order valence-electron chi connectivity index (χ3n) is 2.79. The van der Waals surface area contributed by atoms with E-state index in [1.54, 1.807) is 25.9 Å². The SMILES string of the molecule is CC(Sc1nnc(C(F)(F)F)n1C)c1nc(N)nc(N(C)C)n1. The topological polar surface area (TPSA) is 98.6 Å². The van der Waals surface area contributed by atoms with Gasteiger partial charge in [-0.05, 0) is 6.92 Å². The van der Waals surface area contributed by atoms with Crippen LogP contribution in [0.15, 0.2) is 5.16 Å². The van der Waals surface area contributed by atoms with Crippen molar-refractivity contribution in [3.63, 3.8) is 0 Å². The van der Waals surface area contributed by atoms with Gasteiger partial charge in [-0.1, -0.05) is 11.8 Å². The van der Waals surface area contributed by atoms with E-state index in [0.717, 1.165) is 16.3 Å². The van der Waals surface area contributed by atoms with Crippen LogP contribution in [0.4, 0.5) is 25.1 Å². The number of anilines is 2. The second-order valence-corrected chi connectivity index (χ2v) is 6.18. The summed E-state index contributed by atoms with van der Waals surface area (Å²) in [5, 5.41) is 6.47. The lowest BCUT2D eigenvalue weighted by Crippen LogP contribution is -2.16. The molecule has 0 aromatic carbocycles. The Labute approximate surface area is 134 Å². The highest BCUT2D eigenvalue weighted by Gasteiger charge is 2.37. The molecule has 2 aromatic heterocycles. The minimum absolute atomic E-state index is 0.0418. The Morgan fingerprint density at radius 2 is 1.83 bits per heavy atom. The van der Waals surface area contributed by atoms with Crippen molar-refractivity contribution >= 4 is 23.7 Å². The summed E-state index contributed by atoms with van der Waals surface area (Å²) in [5.74, 6) is -0.298. The molecular formula is C11H15F3N8S. The monoisotopic (exact) mass is 348 g/mol. The lowest BCUT2D eigenvalue weighted by Gasteiger charge is -2.14. The minimum atomic E-state index is -4.56. The normalized spacial score (nSPS) is 13.2. The maximum Gasteiger partial charge on any atom is 0.451 e. The van der Waals surface area contributed by atoms with Crippen molar-refractivity contribution in [2.24, 2.45) is 7.05 Å². The molecule has 2 N–H and O–H groups in total. The highest BCUT2D eigenvalue weighted by atomic mass is 32.2. The summed E-state index contributed by atoms with van der Waals surface area (Å²) < 4.78 is 39.1. The summed E-state index contributed by atoms with van der Waals surface area (Å²) in [6, 6.07) is 0. The Bertz CT molecular complexity index is 699. The Morgan fingerprint density at radius 3 is 2.35 bits per heavy atom. The summed E-state index contributed by atoms with van der Waals surface area (Å²) in [6.45, 7) is 1.74. The standard InChI is InChI=1S/C11H15F3N8S/c1-5(6-16-8(15)18-9(17-6)21(2)3)23-10-20-19-7(22(10)4)11(12,13)14/h5H,1-4H3,(H2,15,16,17,18). The van der Waals surface area contributed by atoms with E-state index < -0.39 is 12.0 Å². The van der Waals surface area contributed by atoms with Crippen LogP contribution in [0.2, 0.25) is 0 Å². The number of halogens is 3. The van der Waals surface area contributed by atoms with Gasteiger partial charge in [-0.2, -0.15) is 28.1 Å². The number of rotatable bonds is 4. The van der Waals surface area contributed by atoms with Gasteiger partial charge in [0, 0.05) is 21.1 Å². The highest BCUT2D eigenvalue weighted by molar-refractivity contribution is 7.99. The first-order valence-electron chi connectivity index (χ1n) is 6.41. The minimum Gasteiger partial charge on any atom is -0.368 e. The van der Waals surface area contributed by atoms with Crippen LogP contribution in [0.5, 0.6) is 0 Å². The number of hydrogen-bond donors (Lipinski definition) is 1.